The van der Waals surface area contributed by atoms with Crippen molar-refractivity contribution in [3.63, 3.8) is 0 Å². The number of carbonyl (C=O) groups is 1. The summed E-state index contributed by atoms with van der Waals surface area (Å²) in [5.41, 5.74) is 2.14. The van der Waals surface area contributed by atoms with Gasteiger partial charge in [0.15, 0.2) is 0 Å². The summed E-state index contributed by atoms with van der Waals surface area (Å²) >= 11 is 0. The number of nitrogens with one attached hydrogen (secondary N) is 1. The van der Waals surface area contributed by atoms with Gasteiger partial charge in [0.1, 0.15) is 22.8 Å². The number of aryl methyl sites for hydroxylation is 1. The fraction of sp³-hybridized carbons (Fsp3) is 0.250. The summed E-state index contributed by atoms with van der Waals surface area (Å²) in [7, 11) is 0. The van der Waals surface area contributed by atoms with Crippen LogP contribution < -0.4 is 10.1 Å². The lowest BCUT2D eigenvalue weighted by Gasteiger charge is -2.09. The fourth-order valence-corrected chi connectivity index (χ4v) is 2.54. The Morgan fingerprint density at radius 1 is 1.22 bits per heavy atom. The molecular weight excluding hydrogens is 349 g/mol. The molecule has 0 saturated carbocycles. The fourth-order valence-electron chi connectivity index (χ4n) is 2.54. The number of hydrogen-bond donors (Lipinski definition) is 1. The van der Waals surface area contributed by atoms with E-state index in [-0.39, 0.29) is 17.8 Å². The Balaban J connectivity index is 1.71. The molecule has 7 heteroatoms. The lowest BCUT2D eigenvalue weighted by molar-refractivity contribution is 0.0950. The molecule has 0 aliphatic heterocycles. The standard InChI is InChI=1S/C20H20FN3O3/c1-12(2)26-17-9-4-14(10-22-17)11-23-20(25)18-13(3)27-24-19(18)15-5-7-16(21)8-6-15/h4-10,12H,11H2,1-3H3,(H,23,25). The monoisotopic (exact) mass is 369 g/mol. The number of carbonyl (C=O) groups excluding carboxylic acids is 1. The normalized spacial score (nSPS) is 10.9. The van der Waals surface area contributed by atoms with Crippen LogP contribution in [0.5, 0.6) is 5.88 Å². The molecule has 0 unspecified atom stereocenters. The second-order valence-electron chi connectivity index (χ2n) is 6.32. The van der Waals surface area contributed by atoms with Gasteiger partial charge >= 0.3 is 0 Å². The zero-order valence-corrected chi connectivity index (χ0v) is 15.3. The number of benzene rings is 1. The van der Waals surface area contributed by atoms with Gasteiger partial charge in [0, 0.05) is 24.4 Å². The first kappa shape index (κ1) is 18.6. The Kier molecular flexibility index (Phi) is 5.49. The SMILES string of the molecule is Cc1onc(-c2ccc(F)cc2)c1C(=O)NCc1ccc(OC(C)C)nc1. The molecule has 0 saturated heterocycles. The summed E-state index contributed by atoms with van der Waals surface area (Å²) in [6.07, 6.45) is 1.70. The Hall–Kier alpha value is -3.22. The lowest BCUT2D eigenvalue weighted by Crippen LogP contribution is -2.23. The molecule has 0 fully saturated rings. The molecule has 1 N–H and O–H groups in total. The third-order valence-corrected chi connectivity index (χ3v) is 3.81. The molecule has 2 heterocycles. The third kappa shape index (κ3) is 4.49. The van der Waals surface area contributed by atoms with Crippen LogP contribution in [0.25, 0.3) is 11.3 Å². The molecule has 1 amide bonds. The molecule has 0 radical (unpaired) electrons. The molecule has 2 aromatic heterocycles. The molecular formula is C20H20FN3O3. The van der Waals surface area contributed by atoms with Gasteiger partial charge < -0.3 is 14.6 Å². The Morgan fingerprint density at radius 2 is 1.96 bits per heavy atom. The highest BCUT2D eigenvalue weighted by Crippen LogP contribution is 2.25. The number of aromatic nitrogens is 2. The second kappa shape index (κ2) is 7.99. The first-order valence-corrected chi connectivity index (χ1v) is 8.56. The van der Waals surface area contributed by atoms with Crippen molar-refractivity contribution < 1.29 is 18.4 Å². The number of rotatable bonds is 6. The van der Waals surface area contributed by atoms with Crippen LogP contribution in [0.4, 0.5) is 4.39 Å². The van der Waals surface area contributed by atoms with Crippen LogP contribution in [0.1, 0.15) is 35.5 Å². The maximum absolute atomic E-state index is 13.1. The second-order valence-corrected chi connectivity index (χ2v) is 6.32. The molecule has 0 bridgehead atoms. The van der Waals surface area contributed by atoms with Crippen molar-refractivity contribution >= 4 is 5.91 Å². The van der Waals surface area contributed by atoms with Gasteiger partial charge in [-0.2, -0.15) is 0 Å². The summed E-state index contributed by atoms with van der Waals surface area (Å²) in [4.78, 5) is 16.9. The Morgan fingerprint density at radius 3 is 2.59 bits per heavy atom. The van der Waals surface area contributed by atoms with Gasteiger partial charge in [-0.1, -0.05) is 11.2 Å². The number of nitrogens with zero attached hydrogens (tertiary/aromatic N) is 2. The van der Waals surface area contributed by atoms with E-state index < -0.39 is 0 Å². The molecule has 0 aliphatic carbocycles. The largest absolute Gasteiger partial charge is 0.475 e. The van der Waals surface area contributed by atoms with Crippen LogP contribution in [0.3, 0.4) is 0 Å². The summed E-state index contributed by atoms with van der Waals surface area (Å²) in [6, 6.07) is 9.34. The maximum Gasteiger partial charge on any atom is 0.257 e. The lowest BCUT2D eigenvalue weighted by atomic mass is 10.1. The van der Waals surface area contributed by atoms with Crippen molar-refractivity contribution in [2.45, 2.75) is 33.4 Å². The predicted octanol–water partition coefficient (Wildman–Crippen LogP) is 3.90. The van der Waals surface area contributed by atoms with E-state index in [0.29, 0.717) is 35.0 Å². The van der Waals surface area contributed by atoms with E-state index in [1.807, 2.05) is 19.9 Å². The van der Waals surface area contributed by atoms with E-state index in [2.05, 4.69) is 15.5 Å². The molecule has 140 valence electrons. The molecule has 6 nitrogen and oxygen atoms in total. The number of halogens is 1. The van der Waals surface area contributed by atoms with Crippen LogP contribution in [-0.4, -0.2) is 22.2 Å². The third-order valence-electron chi connectivity index (χ3n) is 3.81. The van der Waals surface area contributed by atoms with Crippen molar-refractivity contribution in [3.8, 4) is 17.1 Å². The highest BCUT2D eigenvalue weighted by atomic mass is 19.1. The minimum Gasteiger partial charge on any atom is -0.475 e. The van der Waals surface area contributed by atoms with E-state index in [1.165, 1.54) is 12.1 Å². The summed E-state index contributed by atoms with van der Waals surface area (Å²) < 4.78 is 23.8. The van der Waals surface area contributed by atoms with Crippen molar-refractivity contribution in [2.24, 2.45) is 0 Å². The van der Waals surface area contributed by atoms with E-state index in [4.69, 9.17) is 9.26 Å². The zero-order chi connectivity index (χ0) is 19.4. The predicted molar refractivity (Wildman–Crippen MR) is 97.8 cm³/mol. The van der Waals surface area contributed by atoms with Gasteiger partial charge in [0.2, 0.25) is 5.88 Å². The molecule has 0 atom stereocenters. The smallest absolute Gasteiger partial charge is 0.257 e. The van der Waals surface area contributed by atoms with Crippen molar-refractivity contribution in [1.29, 1.82) is 0 Å². The minimum atomic E-state index is -0.359. The van der Waals surface area contributed by atoms with Crippen LogP contribution in [0, 0.1) is 12.7 Å². The molecule has 3 aromatic rings. The molecule has 27 heavy (non-hydrogen) atoms. The highest BCUT2D eigenvalue weighted by molar-refractivity contribution is 6.00. The average Bonchev–Trinajstić information content (AvgIpc) is 3.02. The Bertz CT molecular complexity index is 919. The van der Waals surface area contributed by atoms with E-state index in [1.54, 1.807) is 31.3 Å². The average molecular weight is 369 g/mol. The van der Waals surface area contributed by atoms with E-state index >= 15 is 0 Å². The van der Waals surface area contributed by atoms with Crippen LogP contribution in [-0.2, 0) is 6.54 Å². The summed E-state index contributed by atoms with van der Waals surface area (Å²) in [5.74, 6) is 0.247. The van der Waals surface area contributed by atoms with E-state index in [9.17, 15) is 9.18 Å². The first-order chi connectivity index (χ1) is 12.9. The Labute approximate surface area is 156 Å². The molecule has 3 rings (SSSR count). The molecule has 1 aromatic carbocycles. The van der Waals surface area contributed by atoms with E-state index in [0.717, 1.165) is 5.56 Å². The van der Waals surface area contributed by atoms with Gasteiger partial charge in [-0.15, -0.1) is 0 Å². The number of ether oxygens (including phenoxy) is 1. The van der Waals surface area contributed by atoms with Gasteiger partial charge in [0.25, 0.3) is 5.91 Å². The van der Waals surface area contributed by atoms with Crippen LogP contribution in [0.15, 0.2) is 47.1 Å². The highest BCUT2D eigenvalue weighted by Gasteiger charge is 2.21. The summed E-state index contributed by atoms with van der Waals surface area (Å²) in [6.45, 7) is 5.81. The van der Waals surface area contributed by atoms with Crippen molar-refractivity contribution in [2.75, 3.05) is 0 Å². The van der Waals surface area contributed by atoms with Gasteiger partial charge in [-0.25, -0.2) is 9.37 Å². The summed E-state index contributed by atoms with van der Waals surface area (Å²) in [5, 5.41) is 6.77. The van der Waals surface area contributed by atoms with Gasteiger partial charge in [-0.3, -0.25) is 4.79 Å². The minimum absolute atomic E-state index is 0.0458. The zero-order valence-electron chi connectivity index (χ0n) is 15.3. The van der Waals surface area contributed by atoms with Gasteiger partial charge in [0.05, 0.1) is 6.10 Å². The van der Waals surface area contributed by atoms with Gasteiger partial charge in [-0.05, 0) is 50.6 Å². The first-order valence-electron chi connectivity index (χ1n) is 8.56. The molecule has 0 aliphatic rings. The number of pyridine rings is 1. The quantitative estimate of drug-likeness (QED) is 0.713. The van der Waals surface area contributed by atoms with Crippen molar-refractivity contribution in [3.05, 3.63) is 65.3 Å². The number of amides is 1. The van der Waals surface area contributed by atoms with Crippen LogP contribution in [0.2, 0.25) is 0 Å². The number of hydrogen-bond acceptors (Lipinski definition) is 5. The molecule has 0 spiro atoms. The topological polar surface area (TPSA) is 77.2 Å². The van der Waals surface area contributed by atoms with Crippen LogP contribution >= 0.6 is 0 Å². The maximum atomic E-state index is 13.1. The van der Waals surface area contributed by atoms with Crippen molar-refractivity contribution in [1.82, 2.24) is 15.5 Å².